The van der Waals surface area contributed by atoms with Crippen molar-refractivity contribution in [3.8, 4) is 5.75 Å². The van der Waals surface area contributed by atoms with Crippen molar-refractivity contribution in [1.82, 2.24) is 4.98 Å². The summed E-state index contributed by atoms with van der Waals surface area (Å²) in [5.41, 5.74) is 1.74. The fourth-order valence-electron chi connectivity index (χ4n) is 2.81. The van der Waals surface area contributed by atoms with Crippen molar-refractivity contribution in [2.24, 2.45) is 4.99 Å². The molecule has 0 spiro atoms. The Balaban J connectivity index is 1.96. The molecule has 0 aliphatic carbocycles. The number of rotatable bonds is 1. The number of pyridine rings is 1. The van der Waals surface area contributed by atoms with E-state index < -0.39 is 17.9 Å². The Morgan fingerprint density at radius 1 is 1.17 bits per heavy atom. The molecule has 4 heteroatoms. The third kappa shape index (κ3) is 2.54. The number of para-hydroxylation sites is 2. The van der Waals surface area contributed by atoms with Gasteiger partial charge in [-0.25, -0.2) is 4.39 Å². The second kappa shape index (κ2) is 5.41. The number of hydrogen-bond acceptors (Lipinski definition) is 3. The predicted octanol–water partition coefficient (Wildman–Crippen LogP) is 4.38. The maximum atomic E-state index is 14.4. The normalized spacial score (nSPS) is 19.7. The number of nitrogens with zero attached hydrogens (tertiary/aromatic N) is 2. The molecule has 3 nitrogen and oxygen atoms in total. The van der Waals surface area contributed by atoms with E-state index in [1.54, 1.807) is 32.2 Å². The summed E-state index contributed by atoms with van der Waals surface area (Å²) in [5.74, 6) is -0.324. The first-order valence-corrected chi connectivity index (χ1v) is 7.79. The maximum absolute atomic E-state index is 14.4. The highest BCUT2D eigenvalue weighted by molar-refractivity contribution is 6.15. The molecule has 4 rings (SSSR count). The first-order valence-electron chi connectivity index (χ1n) is 8.36. The minimum atomic E-state index is -0.941. The van der Waals surface area contributed by atoms with Crippen LogP contribution in [0, 0.1) is 5.82 Å². The molecule has 120 valence electrons. The molecule has 0 fully saturated rings. The molecule has 2 aromatic carbocycles. The molecule has 24 heavy (non-hydrogen) atoms. The monoisotopic (exact) mass is 321 g/mol. The molecule has 3 aromatic rings. The summed E-state index contributed by atoms with van der Waals surface area (Å²) in [4.78, 5) is 9.01. The molecular formula is C20H17FN2O. The summed E-state index contributed by atoms with van der Waals surface area (Å²) in [6.07, 6.45) is 1.71. The predicted molar refractivity (Wildman–Crippen MR) is 93.4 cm³/mol. The van der Waals surface area contributed by atoms with Crippen LogP contribution in [-0.2, 0) is 0 Å². The zero-order chi connectivity index (χ0) is 17.6. The van der Waals surface area contributed by atoms with Crippen LogP contribution in [0.1, 0.15) is 26.3 Å². The summed E-state index contributed by atoms with van der Waals surface area (Å²) < 4.78 is 28.6. The summed E-state index contributed by atoms with van der Waals surface area (Å²) >= 11 is 0. The Morgan fingerprint density at radius 3 is 2.88 bits per heavy atom. The first-order chi connectivity index (χ1) is 12.0. The van der Waals surface area contributed by atoms with Crippen LogP contribution in [0.5, 0.6) is 5.75 Å². The van der Waals surface area contributed by atoms with Gasteiger partial charge in [0, 0.05) is 22.7 Å². The van der Waals surface area contributed by atoms with E-state index in [1.807, 2.05) is 30.3 Å². The maximum Gasteiger partial charge on any atom is 0.165 e. The van der Waals surface area contributed by atoms with E-state index in [2.05, 4.69) is 9.98 Å². The highest BCUT2D eigenvalue weighted by atomic mass is 19.1. The van der Waals surface area contributed by atoms with Crippen molar-refractivity contribution in [3.05, 3.63) is 71.7 Å². The van der Waals surface area contributed by atoms with Crippen molar-refractivity contribution < 1.29 is 10.5 Å². The second-order valence-electron chi connectivity index (χ2n) is 6.35. The minimum Gasteiger partial charge on any atom is -0.482 e. The lowest BCUT2D eigenvalue weighted by molar-refractivity contribution is 0.115. The van der Waals surface area contributed by atoms with Crippen molar-refractivity contribution >= 4 is 16.6 Å². The average molecular weight is 321 g/mol. The van der Waals surface area contributed by atoms with Crippen LogP contribution in [-0.4, -0.2) is 22.8 Å². The van der Waals surface area contributed by atoms with E-state index in [9.17, 15) is 4.39 Å². The van der Waals surface area contributed by atoms with Crippen molar-refractivity contribution in [1.29, 1.82) is 0 Å². The zero-order valence-corrected chi connectivity index (χ0v) is 13.5. The van der Waals surface area contributed by atoms with Crippen LogP contribution in [0.3, 0.4) is 0 Å². The van der Waals surface area contributed by atoms with E-state index in [0.717, 1.165) is 16.5 Å². The summed E-state index contributed by atoms with van der Waals surface area (Å²) in [7, 11) is 0. The molecular weight excluding hydrogens is 303 g/mol. The summed E-state index contributed by atoms with van der Waals surface area (Å²) in [6.45, 7) is 2.60. The minimum absolute atomic E-state index is 0.133. The molecule has 0 amide bonds. The molecule has 1 aliphatic rings. The van der Waals surface area contributed by atoms with Gasteiger partial charge in [0.1, 0.15) is 5.60 Å². The second-order valence-corrected chi connectivity index (χ2v) is 6.35. The topological polar surface area (TPSA) is 34.5 Å². The van der Waals surface area contributed by atoms with Gasteiger partial charge < -0.3 is 4.74 Å². The van der Waals surface area contributed by atoms with Crippen LogP contribution in [0.25, 0.3) is 10.9 Å². The molecule has 0 saturated carbocycles. The quantitative estimate of drug-likeness (QED) is 0.666. The van der Waals surface area contributed by atoms with Crippen molar-refractivity contribution in [2.75, 3.05) is 6.52 Å². The first kappa shape index (κ1) is 13.7. The van der Waals surface area contributed by atoms with E-state index >= 15 is 0 Å². The van der Waals surface area contributed by atoms with Gasteiger partial charge in [-0.2, -0.15) is 0 Å². The van der Waals surface area contributed by atoms with Gasteiger partial charge in [-0.05, 0) is 38.1 Å². The summed E-state index contributed by atoms with van der Waals surface area (Å²) in [5, 5.41) is 0.964. The Hall–Kier alpha value is -2.75. The standard InChI is InChI=1S/C20H17FN2O/c1-20(2)12-23-18(15-7-5-8-16(21)19(15)24-20)14-10-13-6-3-4-9-17(13)22-11-14/h3-11H,12H2,1-2H3/i12D. The number of hydrogen-bond donors (Lipinski definition) is 0. The number of aliphatic imine (C=N–C) groups is 1. The average Bonchev–Trinajstić information content (AvgIpc) is 2.70. The van der Waals surface area contributed by atoms with Crippen LogP contribution < -0.4 is 4.74 Å². The molecule has 1 atom stereocenters. The molecule has 0 saturated heterocycles. The number of aromatic nitrogens is 1. The van der Waals surface area contributed by atoms with E-state index in [0.29, 0.717) is 11.3 Å². The smallest absolute Gasteiger partial charge is 0.165 e. The van der Waals surface area contributed by atoms with E-state index in [1.165, 1.54) is 6.07 Å². The van der Waals surface area contributed by atoms with Gasteiger partial charge in [0.2, 0.25) is 0 Å². The van der Waals surface area contributed by atoms with Crippen molar-refractivity contribution in [3.63, 3.8) is 0 Å². The Labute approximate surface area is 141 Å². The largest absolute Gasteiger partial charge is 0.482 e. The lowest BCUT2D eigenvalue weighted by Crippen LogP contribution is -2.31. The number of benzene rings is 2. The van der Waals surface area contributed by atoms with Crippen LogP contribution in [0.2, 0.25) is 0 Å². The molecule has 0 bridgehead atoms. The molecule has 2 heterocycles. The van der Waals surface area contributed by atoms with E-state index in [4.69, 9.17) is 6.11 Å². The molecule has 1 aromatic heterocycles. The Bertz CT molecular complexity index is 1000. The van der Waals surface area contributed by atoms with Gasteiger partial charge in [-0.1, -0.05) is 24.3 Å². The van der Waals surface area contributed by atoms with Crippen LogP contribution >= 0.6 is 0 Å². The van der Waals surface area contributed by atoms with Gasteiger partial charge in [0.15, 0.2) is 11.6 Å². The SMILES string of the molecule is [2H]C1N=C(c2cnc3ccccc3c2)c2cccc(F)c2OC1(C)C. The zero-order valence-electron chi connectivity index (χ0n) is 14.5. The third-order valence-corrected chi connectivity index (χ3v) is 3.96. The van der Waals surface area contributed by atoms with Gasteiger partial charge in [-0.15, -0.1) is 0 Å². The number of halogens is 1. The fraction of sp³-hybridized carbons (Fsp3) is 0.200. The van der Waals surface area contributed by atoms with Gasteiger partial charge >= 0.3 is 0 Å². The van der Waals surface area contributed by atoms with Crippen molar-refractivity contribution in [2.45, 2.75) is 19.4 Å². The highest BCUT2D eigenvalue weighted by Crippen LogP contribution is 2.32. The molecule has 1 unspecified atom stereocenters. The number of ether oxygens (including phenoxy) is 1. The summed E-state index contributed by atoms with van der Waals surface area (Å²) in [6, 6.07) is 14.5. The van der Waals surface area contributed by atoms with Gasteiger partial charge in [-0.3, -0.25) is 9.98 Å². The third-order valence-electron chi connectivity index (χ3n) is 3.96. The number of fused-ring (bicyclic) bond motifs is 2. The Morgan fingerprint density at radius 2 is 2.00 bits per heavy atom. The lowest BCUT2D eigenvalue weighted by Gasteiger charge is -2.23. The molecule has 1 aliphatic heterocycles. The van der Waals surface area contributed by atoms with Gasteiger partial charge in [0.25, 0.3) is 0 Å². The van der Waals surface area contributed by atoms with Crippen LogP contribution in [0.15, 0.2) is 59.7 Å². The fourth-order valence-corrected chi connectivity index (χ4v) is 2.81. The van der Waals surface area contributed by atoms with E-state index in [-0.39, 0.29) is 5.75 Å². The van der Waals surface area contributed by atoms with Gasteiger partial charge in [0.05, 0.1) is 19.1 Å². The lowest BCUT2D eigenvalue weighted by atomic mass is 10.0. The molecule has 0 N–H and O–H groups in total. The highest BCUT2D eigenvalue weighted by Gasteiger charge is 2.28. The molecule has 0 radical (unpaired) electrons. The van der Waals surface area contributed by atoms with Crippen LogP contribution in [0.4, 0.5) is 4.39 Å². The Kier molecular flexibility index (Phi) is 3.08.